The highest BCUT2D eigenvalue weighted by Crippen LogP contribution is 2.50. The summed E-state index contributed by atoms with van der Waals surface area (Å²) < 4.78 is 29.3. The summed E-state index contributed by atoms with van der Waals surface area (Å²) >= 11 is 0. The molecule has 2 N–H and O–H groups in total. The molecule has 1 aromatic rings. The van der Waals surface area contributed by atoms with Crippen molar-refractivity contribution in [3.63, 3.8) is 0 Å². The van der Waals surface area contributed by atoms with E-state index in [1.165, 1.54) is 6.20 Å². The number of aromatic amines is 1. The van der Waals surface area contributed by atoms with E-state index < -0.39 is 25.1 Å². The van der Waals surface area contributed by atoms with Crippen molar-refractivity contribution in [1.82, 2.24) is 9.55 Å². The SMILES string of the molecule is CCOP(=O)(C[C@H](OCCO)n1ccc(=O)[nH]c1=O)OCC. The molecule has 1 heterocycles. The number of H-pyrrole nitrogens is 1. The molecule has 1 rings (SSSR count). The van der Waals surface area contributed by atoms with Crippen molar-refractivity contribution in [3.05, 3.63) is 33.1 Å². The molecular formula is C12H21N2O7P. The zero-order chi connectivity index (χ0) is 16.6. The van der Waals surface area contributed by atoms with Crippen LogP contribution in [0.2, 0.25) is 0 Å². The van der Waals surface area contributed by atoms with Crippen LogP contribution in [0.3, 0.4) is 0 Å². The van der Waals surface area contributed by atoms with Crippen LogP contribution >= 0.6 is 7.60 Å². The van der Waals surface area contributed by atoms with Crippen LogP contribution in [0.4, 0.5) is 0 Å². The number of aliphatic hydroxyl groups excluding tert-OH is 1. The number of aliphatic hydroxyl groups is 1. The van der Waals surface area contributed by atoms with Crippen molar-refractivity contribution in [2.75, 3.05) is 32.6 Å². The van der Waals surface area contributed by atoms with Gasteiger partial charge in [0, 0.05) is 12.3 Å². The van der Waals surface area contributed by atoms with Crippen LogP contribution < -0.4 is 11.2 Å². The molecule has 0 unspecified atom stereocenters. The number of hydrogen-bond donors (Lipinski definition) is 2. The largest absolute Gasteiger partial charge is 0.394 e. The molecule has 9 nitrogen and oxygen atoms in total. The van der Waals surface area contributed by atoms with Crippen LogP contribution in [0.1, 0.15) is 20.1 Å². The Morgan fingerprint density at radius 3 is 2.45 bits per heavy atom. The van der Waals surface area contributed by atoms with Crippen LogP contribution in [0.25, 0.3) is 0 Å². The van der Waals surface area contributed by atoms with Crippen molar-refractivity contribution in [2.45, 2.75) is 20.1 Å². The minimum atomic E-state index is -3.47. The van der Waals surface area contributed by atoms with Crippen LogP contribution in [-0.2, 0) is 18.3 Å². The van der Waals surface area contributed by atoms with Gasteiger partial charge in [-0.1, -0.05) is 0 Å². The van der Waals surface area contributed by atoms with Gasteiger partial charge in [0.15, 0.2) is 0 Å². The molecule has 10 heteroatoms. The first kappa shape index (κ1) is 18.8. The van der Waals surface area contributed by atoms with E-state index in [-0.39, 0.29) is 32.6 Å². The molecule has 0 aliphatic carbocycles. The third-order valence-electron chi connectivity index (χ3n) is 2.59. The summed E-state index contributed by atoms with van der Waals surface area (Å²) in [5.41, 5.74) is -1.27. The number of nitrogens with one attached hydrogen (secondary N) is 1. The molecule has 0 saturated heterocycles. The zero-order valence-electron chi connectivity index (χ0n) is 12.6. The van der Waals surface area contributed by atoms with Gasteiger partial charge in [-0.15, -0.1) is 0 Å². The van der Waals surface area contributed by atoms with Crippen LogP contribution in [0.15, 0.2) is 21.9 Å². The van der Waals surface area contributed by atoms with Gasteiger partial charge in [0.05, 0.1) is 32.6 Å². The topological polar surface area (TPSA) is 120 Å². The summed E-state index contributed by atoms with van der Waals surface area (Å²) in [6, 6.07) is 1.14. The molecule has 0 aliphatic heterocycles. The molecule has 126 valence electrons. The molecule has 0 aliphatic rings. The second-order valence-corrected chi connectivity index (χ2v) is 6.30. The highest BCUT2D eigenvalue weighted by Gasteiger charge is 2.30. The van der Waals surface area contributed by atoms with E-state index in [1.54, 1.807) is 13.8 Å². The Morgan fingerprint density at radius 1 is 1.32 bits per heavy atom. The average Bonchev–Trinajstić information content (AvgIpc) is 2.44. The lowest BCUT2D eigenvalue weighted by molar-refractivity contribution is -0.00745. The fraction of sp³-hybridized carbons (Fsp3) is 0.667. The molecule has 0 spiro atoms. The van der Waals surface area contributed by atoms with Gasteiger partial charge in [-0.05, 0) is 13.8 Å². The fourth-order valence-electron chi connectivity index (χ4n) is 1.79. The minimum Gasteiger partial charge on any atom is -0.394 e. The van der Waals surface area contributed by atoms with E-state index >= 15 is 0 Å². The predicted molar refractivity (Wildman–Crippen MR) is 79.1 cm³/mol. The predicted octanol–water partition coefficient (Wildman–Crippen LogP) is 0.310. The van der Waals surface area contributed by atoms with Crippen molar-refractivity contribution >= 4 is 7.60 Å². The minimum absolute atomic E-state index is 0.0749. The number of nitrogens with zero attached hydrogens (tertiary/aromatic N) is 1. The Balaban J connectivity index is 3.08. The van der Waals surface area contributed by atoms with Gasteiger partial charge in [-0.2, -0.15) is 0 Å². The fourth-order valence-corrected chi connectivity index (χ4v) is 3.53. The maximum atomic E-state index is 12.6. The Kier molecular flexibility index (Phi) is 7.70. The lowest BCUT2D eigenvalue weighted by atomic mass is 10.5. The first-order chi connectivity index (χ1) is 10.5. The van der Waals surface area contributed by atoms with Crippen molar-refractivity contribution < 1.29 is 23.5 Å². The number of hydrogen-bond acceptors (Lipinski definition) is 7. The van der Waals surface area contributed by atoms with Gasteiger partial charge < -0.3 is 18.9 Å². The molecule has 0 amide bonds. The van der Waals surface area contributed by atoms with Gasteiger partial charge >= 0.3 is 13.3 Å². The second kappa shape index (κ2) is 9.02. The summed E-state index contributed by atoms with van der Waals surface area (Å²) in [6.45, 7) is 3.33. The quantitative estimate of drug-likeness (QED) is 0.590. The van der Waals surface area contributed by atoms with Crippen molar-refractivity contribution in [3.8, 4) is 0 Å². The van der Waals surface area contributed by atoms with E-state index in [9.17, 15) is 14.2 Å². The van der Waals surface area contributed by atoms with Crippen molar-refractivity contribution in [1.29, 1.82) is 0 Å². The summed E-state index contributed by atoms with van der Waals surface area (Å²) in [6.07, 6.45) is 0.00642. The van der Waals surface area contributed by atoms with E-state index in [0.29, 0.717) is 0 Å². The molecular weight excluding hydrogens is 315 g/mol. The van der Waals surface area contributed by atoms with Gasteiger partial charge in [-0.25, -0.2) is 4.79 Å². The van der Waals surface area contributed by atoms with Crippen molar-refractivity contribution in [2.24, 2.45) is 0 Å². The molecule has 1 atom stereocenters. The molecule has 22 heavy (non-hydrogen) atoms. The number of aromatic nitrogens is 2. The highest BCUT2D eigenvalue weighted by atomic mass is 31.2. The maximum Gasteiger partial charge on any atom is 0.335 e. The maximum absolute atomic E-state index is 12.6. The highest BCUT2D eigenvalue weighted by molar-refractivity contribution is 7.53. The van der Waals surface area contributed by atoms with Gasteiger partial charge in [0.1, 0.15) is 6.23 Å². The Morgan fingerprint density at radius 2 is 1.95 bits per heavy atom. The number of rotatable bonds is 10. The monoisotopic (exact) mass is 336 g/mol. The van der Waals surface area contributed by atoms with E-state index in [0.717, 1.165) is 10.6 Å². The van der Waals surface area contributed by atoms with Gasteiger partial charge in [-0.3, -0.25) is 18.9 Å². The van der Waals surface area contributed by atoms with E-state index in [4.69, 9.17) is 18.9 Å². The summed E-state index contributed by atoms with van der Waals surface area (Å²) in [7, 11) is -3.47. The lowest BCUT2D eigenvalue weighted by Crippen LogP contribution is -2.34. The first-order valence-electron chi connectivity index (χ1n) is 6.87. The Bertz CT molecular complexity index is 602. The van der Waals surface area contributed by atoms with E-state index in [1.807, 2.05) is 0 Å². The second-order valence-electron chi connectivity index (χ2n) is 4.20. The molecule has 0 bridgehead atoms. The van der Waals surface area contributed by atoms with Gasteiger partial charge in [0.2, 0.25) is 0 Å². The van der Waals surface area contributed by atoms with Crippen LogP contribution in [-0.4, -0.2) is 47.2 Å². The smallest absolute Gasteiger partial charge is 0.335 e. The Hall–Kier alpha value is -1.25. The van der Waals surface area contributed by atoms with Gasteiger partial charge in [0.25, 0.3) is 5.56 Å². The lowest BCUT2D eigenvalue weighted by Gasteiger charge is -2.24. The van der Waals surface area contributed by atoms with Crippen LogP contribution in [0.5, 0.6) is 0 Å². The third-order valence-corrected chi connectivity index (χ3v) is 4.66. The standard InChI is InChI=1S/C12H21N2O7P/c1-3-20-22(18,21-4-2)9-11(19-8-7-15)14-6-5-10(16)13-12(14)17/h5-6,11,15H,3-4,7-9H2,1-2H3,(H,13,16,17)/t11-/m0/s1. The van der Waals surface area contributed by atoms with Crippen LogP contribution in [0, 0.1) is 0 Å². The molecule has 0 aromatic carbocycles. The normalized spacial score (nSPS) is 13.2. The Labute approximate surface area is 127 Å². The number of ether oxygens (including phenoxy) is 1. The molecule has 0 fully saturated rings. The summed E-state index contributed by atoms with van der Waals surface area (Å²) in [4.78, 5) is 25.0. The molecule has 0 radical (unpaired) electrons. The zero-order valence-corrected chi connectivity index (χ0v) is 13.5. The molecule has 1 aromatic heterocycles. The summed E-state index contributed by atoms with van der Waals surface area (Å²) in [5.74, 6) is 0. The molecule has 0 saturated carbocycles. The summed E-state index contributed by atoms with van der Waals surface area (Å²) in [5, 5.41) is 8.88. The average molecular weight is 336 g/mol. The third kappa shape index (κ3) is 5.51. The first-order valence-corrected chi connectivity index (χ1v) is 8.60. The van der Waals surface area contributed by atoms with E-state index in [2.05, 4.69) is 4.98 Å².